The minimum absolute atomic E-state index is 0.219. The lowest BCUT2D eigenvalue weighted by Crippen LogP contribution is -2.26. The largest absolute Gasteiger partial charge is 0.490 e. The van der Waals surface area contributed by atoms with Crippen molar-refractivity contribution in [2.75, 3.05) is 6.61 Å². The van der Waals surface area contributed by atoms with Crippen molar-refractivity contribution in [3.05, 3.63) is 58.6 Å². The molecule has 0 aliphatic heterocycles. The minimum Gasteiger partial charge on any atom is -0.490 e. The van der Waals surface area contributed by atoms with Gasteiger partial charge in [-0.05, 0) is 69.2 Å². The zero-order valence-electron chi connectivity index (χ0n) is 19.1. The van der Waals surface area contributed by atoms with E-state index in [-0.39, 0.29) is 6.10 Å². The zero-order chi connectivity index (χ0) is 22.7. The van der Waals surface area contributed by atoms with Gasteiger partial charge in [0.2, 0.25) is 0 Å². The fourth-order valence-electron chi connectivity index (χ4n) is 4.60. The van der Waals surface area contributed by atoms with E-state index in [1.165, 1.54) is 12.8 Å². The highest BCUT2D eigenvalue weighted by Crippen LogP contribution is 2.42. The van der Waals surface area contributed by atoms with Crippen LogP contribution >= 0.6 is 0 Å². The molecule has 0 atom stereocenters. The molecular formula is C27H32O5. The van der Waals surface area contributed by atoms with Crippen LogP contribution in [0.2, 0.25) is 0 Å². The Morgan fingerprint density at radius 1 is 1.00 bits per heavy atom. The average molecular weight is 437 g/mol. The van der Waals surface area contributed by atoms with Gasteiger partial charge in [-0.25, -0.2) is 4.79 Å². The van der Waals surface area contributed by atoms with Crippen molar-refractivity contribution in [1.82, 2.24) is 0 Å². The smallest absolute Gasteiger partial charge is 0.343 e. The first-order chi connectivity index (χ1) is 15.5. The second kappa shape index (κ2) is 9.37. The highest BCUT2D eigenvalue weighted by atomic mass is 16.5. The van der Waals surface area contributed by atoms with Gasteiger partial charge in [0, 0.05) is 10.9 Å². The first-order valence-corrected chi connectivity index (χ1v) is 11.7. The van der Waals surface area contributed by atoms with Gasteiger partial charge in [0.25, 0.3) is 0 Å². The van der Waals surface area contributed by atoms with E-state index in [1.807, 2.05) is 57.2 Å². The summed E-state index contributed by atoms with van der Waals surface area (Å²) in [6.45, 7) is 6.25. The molecule has 1 N–H and O–H groups in total. The first kappa shape index (κ1) is 22.4. The fourth-order valence-corrected chi connectivity index (χ4v) is 4.60. The SMILES string of the molecule is CCOc1cc(-c2c(C(O)(CC)CC)oc(=O)c3ccccc23)ccc1OC1CCCC1. The standard InChI is InChI=1S/C27H32O5/c1-4-27(29,5-2)25-24(20-13-9-10-14-21(20)26(28)32-25)18-15-16-22(23(17-18)30-6-3)31-19-11-7-8-12-19/h9-10,13-17,19,29H,4-8,11-12H2,1-3H3. The Bertz CT molecular complexity index is 1140. The van der Waals surface area contributed by atoms with E-state index in [2.05, 4.69) is 0 Å². The van der Waals surface area contributed by atoms with E-state index in [0.29, 0.717) is 36.3 Å². The molecule has 0 radical (unpaired) electrons. The van der Waals surface area contributed by atoms with Gasteiger partial charge < -0.3 is 19.0 Å². The summed E-state index contributed by atoms with van der Waals surface area (Å²) in [5.41, 5.74) is -0.142. The van der Waals surface area contributed by atoms with E-state index < -0.39 is 11.2 Å². The molecule has 1 aromatic heterocycles. The lowest BCUT2D eigenvalue weighted by molar-refractivity contribution is 0.00532. The molecule has 0 saturated heterocycles. The van der Waals surface area contributed by atoms with E-state index in [1.54, 1.807) is 6.07 Å². The average Bonchev–Trinajstić information content (AvgIpc) is 3.33. The van der Waals surface area contributed by atoms with Crippen molar-refractivity contribution in [1.29, 1.82) is 0 Å². The molecule has 1 aliphatic carbocycles. The summed E-state index contributed by atoms with van der Waals surface area (Å²) in [6.07, 6.45) is 5.59. The van der Waals surface area contributed by atoms with Crippen molar-refractivity contribution in [3.63, 3.8) is 0 Å². The summed E-state index contributed by atoms with van der Waals surface area (Å²) >= 11 is 0. The van der Waals surface area contributed by atoms with Gasteiger partial charge in [0.15, 0.2) is 11.5 Å². The Morgan fingerprint density at radius 2 is 1.69 bits per heavy atom. The molecule has 2 aromatic carbocycles. The van der Waals surface area contributed by atoms with Gasteiger partial charge in [-0.1, -0.05) is 38.1 Å². The van der Waals surface area contributed by atoms with Gasteiger partial charge in [-0.15, -0.1) is 0 Å². The van der Waals surface area contributed by atoms with Crippen LogP contribution < -0.4 is 15.1 Å². The maximum atomic E-state index is 12.8. The number of hydrogen-bond donors (Lipinski definition) is 1. The van der Waals surface area contributed by atoms with Crippen molar-refractivity contribution >= 4 is 10.8 Å². The van der Waals surface area contributed by atoms with Crippen LogP contribution in [0.3, 0.4) is 0 Å². The molecule has 32 heavy (non-hydrogen) atoms. The summed E-state index contributed by atoms with van der Waals surface area (Å²) < 4.78 is 18.0. The molecule has 1 aliphatic rings. The van der Waals surface area contributed by atoms with Crippen LogP contribution in [-0.2, 0) is 5.60 Å². The molecule has 170 valence electrons. The molecule has 1 heterocycles. The van der Waals surface area contributed by atoms with E-state index in [9.17, 15) is 9.90 Å². The number of ether oxygens (including phenoxy) is 2. The minimum atomic E-state index is -1.25. The summed E-state index contributed by atoms with van der Waals surface area (Å²) in [7, 11) is 0. The summed E-state index contributed by atoms with van der Waals surface area (Å²) in [5, 5.41) is 12.6. The maximum absolute atomic E-state index is 12.8. The summed E-state index contributed by atoms with van der Waals surface area (Å²) in [5.74, 6) is 1.69. The Kier molecular flexibility index (Phi) is 6.56. The van der Waals surface area contributed by atoms with Crippen LogP contribution in [0, 0.1) is 0 Å². The van der Waals surface area contributed by atoms with Crippen molar-refractivity contribution in [2.24, 2.45) is 0 Å². The van der Waals surface area contributed by atoms with Crippen molar-refractivity contribution in [3.8, 4) is 22.6 Å². The molecule has 5 heteroatoms. The molecule has 0 unspecified atom stereocenters. The Balaban J connectivity index is 1.92. The molecule has 5 nitrogen and oxygen atoms in total. The number of fused-ring (bicyclic) bond motifs is 1. The number of rotatable bonds is 8. The Hall–Kier alpha value is -2.79. The van der Waals surface area contributed by atoms with Gasteiger partial charge in [-0.2, -0.15) is 0 Å². The molecule has 1 saturated carbocycles. The van der Waals surface area contributed by atoms with Crippen LogP contribution in [0.4, 0.5) is 0 Å². The number of hydrogen-bond acceptors (Lipinski definition) is 5. The monoisotopic (exact) mass is 436 g/mol. The highest BCUT2D eigenvalue weighted by molar-refractivity contribution is 5.97. The van der Waals surface area contributed by atoms with Crippen LogP contribution in [0.15, 0.2) is 51.7 Å². The van der Waals surface area contributed by atoms with E-state index in [4.69, 9.17) is 13.9 Å². The lowest BCUT2D eigenvalue weighted by Gasteiger charge is -2.27. The van der Waals surface area contributed by atoms with Gasteiger partial charge in [0.05, 0.1) is 18.1 Å². The second-order valence-electron chi connectivity index (χ2n) is 8.50. The molecule has 4 rings (SSSR count). The van der Waals surface area contributed by atoms with Crippen molar-refractivity contribution < 1.29 is 19.0 Å². The summed E-state index contributed by atoms with van der Waals surface area (Å²) in [4.78, 5) is 12.8. The van der Waals surface area contributed by atoms with Gasteiger partial charge in [0.1, 0.15) is 11.4 Å². The summed E-state index contributed by atoms with van der Waals surface area (Å²) in [6, 6.07) is 13.2. The third kappa shape index (κ3) is 4.14. The number of aliphatic hydroxyl groups is 1. The fraction of sp³-hybridized carbons (Fsp3) is 0.444. The number of benzene rings is 2. The second-order valence-corrected chi connectivity index (χ2v) is 8.50. The molecule has 0 bridgehead atoms. The predicted octanol–water partition coefficient (Wildman–Crippen LogP) is 6.19. The van der Waals surface area contributed by atoms with E-state index in [0.717, 1.165) is 35.1 Å². The lowest BCUT2D eigenvalue weighted by atomic mass is 9.86. The van der Waals surface area contributed by atoms with E-state index >= 15 is 0 Å². The normalized spacial score (nSPS) is 14.8. The third-order valence-electron chi connectivity index (χ3n) is 6.56. The van der Waals surface area contributed by atoms with Crippen LogP contribution in [0.25, 0.3) is 21.9 Å². The van der Waals surface area contributed by atoms with Gasteiger partial charge in [-0.3, -0.25) is 0 Å². The Morgan fingerprint density at radius 3 is 2.34 bits per heavy atom. The zero-order valence-corrected chi connectivity index (χ0v) is 19.1. The Labute approximate surface area is 189 Å². The molecular weight excluding hydrogens is 404 g/mol. The quantitative estimate of drug-likeness (QED) is 0.456. The van der Waals surface area contributed by atoms with Crippen LogP contribution in [-0.4, -0.2) is 17.8 Å². The van der Waals surface area contributed by atoms with Crippen LogP contribution in [0.5, 0.6) is 11.5 Å². The van der Waals surface area contributed by atoms with Crippen molar-refractivity contribution in [2.45, 2.75) is 71.0 Å². The van der Waals surface area contributed by atoms with Gasteiger partial charge >= 0.3 is 5.63 Å². The molecule has 0 amide bonds. The first-order valence-electron chi connectivity index (χ1n) is 11.7. The topological polar surface area (TPSA) is 68.9 Å². The molecule has 0 spiro atoms. The molecule has 1 fully saturated rings. The predicted molar refractivity (Wildman–Crippen MR) is 126 cm³/mol. The third-order valence-corrected chi connectivity index (χ3v) is 6.56. The van der Waals surface area contributed by atoms with Crippen LogP contribution in [0.1, 0.15) is 65.1 Å². The maximum Gasteiger partial charge on any atom is 0.343 e. The molecule has 3 aromatic rings. The highest BCUT2D eigenvalue weighted by Gasteiger charge is 2.33.